The van der Waals surface area contributed by atoms with Crippen molar-refractivity contribution in [2.45, 2.75) is 13.8 Å². The Morgan fingerprint density at radius 3 is 2.57 bits per heavy atom. The second-order valence-electron chi connectivity index (χ2n) is 4.44. The maximum Gasteiger partial charge on any atom is 0.136 e. The first kappa shape index (κ1) is 14.8. The zero-order chi connectivity index (χ0) is 15.1. The fraction of sp³-hybridized carbons (Fsp3) is 0.250. The van der Waals surface area contributed by atoms with Gasteiger partial charge in [-0.1, -0.05) is 6.08 Å². The lowest BCUT2D eigenvalue weighted by molar-refractivity contribution is 0.340. The summed E-state index contributed by atoms with van der Waals surface area (Å²) in [6, 6.07) is 9.64. The third-order valence-corrected chi connectivity index (χ3v) is 2.70. The van der Waals surface area contributed by atoms with Crippen molar-refractivity contribution in [2.75, 3.05) is 23.8 Å². The van der Waals surface area contributed by atoms with Gasteiger partial charge in [0, 0.05) is 18.3 Å². The molecule has 0 amide bonds. The first-order valence-corrected chi connectivity index (χ1v) is 6.91. The van der Waals surface area contributed by atoms with Gasteiger partial charge in [-0.25, -0.2) is 9.97 Å². The van der Waals surface area contributed by atoms with E-state index in [1.807, 2.05) is 44.2 Å². The number of ether oxygens (including phenoxy) is 1. The van der Waals surface area contributed by atoms with Crippen molar-refractivity contribution < 1.29 is 4.74 Å². The van der Waals surface area contributed by atoms with Crippen LogP contribution in [-0.2, 0) is 0 Å². The minimum absolute atomic E-state index is 0.663. The van der Waals surface area contributed by atoms with Crippen LogP contribution in [0, 0.1) is 6.92 Å². The molecule has 1 aromatic carbocycles. The zero-order valence-corrected chi connectivity index (χ0v) is 12.4. The molecule has 110 valence electrons. The molecule has 0 saturated carbocycles. The third kappa shape index (κ3) is 4.49. The van der Waals surface area contributed by atoms with Crippen molar-refractivity contribution in [3.63, 3.8) is 0 Å². The van der Waals surface area contributed by atoms with Gasteiger partial charge in [0.05, 0.1) is 6.61 Å². The Balaban J connectivity index is 2.10. The fourth-order valence-corrected chi connectivity index (χ4v) is 1.85. The van der Waals surface area contributed by atoms with Gasteiger partial charge in [-0.15, -0.1) is 6.58 Å². The van der Waals surface area contributed by atoms with Crippen molar-refractivity contribution in [3.05, 3.63) is 48.8 Å². The van der Waals surface area contributed by atoms with Crippen LogP contribution in [0.3, 0.4) is 0 Å². The van der Waals surface area contributed by atoms with Crippen LogP contribution in [0.15, 0.2) is 43.0 Å². The molecule has 0 unspecified atom stereocenters. The van der Waals surface area contributed by atoms with Crippen LogP contribution in [0.4, 0.5) is 17.3 Å². The summed E-state index contributed by atoms with van der Waals surface area (Å²) in [5, 5.41) is 6.42. The number of nitrogens with one attached hydrogen (secondary N) is 2. The molecule has 2 aromatic rings. The summed E-state index contributed by atoms with van der Waals surface area (Å²) in [7, 11) is 0. The summed E-state index contributed by atoms with van der Waals surface area (Å²) in [5.41, 5.74) is 0.950. The smallest absolute Gasteiger partial charge is 0.136 e. The van der Waals surface area contributed by atoms with E-state index in [0.717, 1.165) is 23.1 Å². The largest absolute Gasteiger partial charge is 0.494 e. The Labute approximate surface area is 125 Å². The number of nitrogens with zero attached hydrogens (tertiary/aromatic N) is 2. The number of aromatic nitrogens is 2. The molecule has 0 saturated heterocycles. The SMILES string of the molecule is C=CCNc1cc(Nc2ccc(OCC)cc2)nc(C)n1. The normalized spacial score (nSPS) is 10.0. The molecule has 0 fully saturated rings. The van der Waals surface area contributed by atoms with Gasteiger partial charge in [-0.3, -0.25) is 0 Å². The molecule has 0 aliphatic heterocycles. The average Bonchev–Trinajstić information content (AvgIpc) is 2.47. The molecule has 0 spiro atoms. The van der Waals surface area contributed by atoms with Crippen LogP contribution in [0.5, 0.6) is 5.75 Å². The first-order valence-electron chi connectivity index (χ1n) is 6.91. The minimum atomic E-state index is 0.663. The summed E-state index contributed by atoms with van der Waals surface area (Å²) in [4.78, 5) is 8.70. The van der Waals surface area contributed by atoms with E-state index in [1.165, 1.54) is 0 Å². The Kier molecular flexibility index (Phi) is 5.15. The van der Waals surface area contributed by atoms with E-state index in [0.29, 0.717) is 19.0 Å². The van der Waals surface area contributed by atoms with Gasteiger partial charge in [0.25, 0.3) is 0 Å². The van der Waals surface area contributed by atoms with E-state index < -0.39 is 0 Å². The van der Waals surface area contributed by atoms with E-state index in [2.05, 4.69) is 27.2 Å². The van der Waals surface area contributed by atoms with Crippen molar-refractivity contribution in [3.8, 4) is 5.75 Å². The lowest BCUT2D eigenvalue weighted by atomic mass is 10.3. The molecule has 21 heavy (non-hydrogen) atoms. The van der Waals surface area contributed by atoms with Crippen LogP contribution >= 0.6 is 0 Å². The topological polar surface area (TPSA) is 59.1 Å². The molecule has 1 aromatic heterocycles. The summed E-state index contributed by atoms with van der Waals surface area (Å²) in [5.74, 6) is 3.09. The van der Waals surface area contributed by atoms with Crippen molar-refractivity contribution in [2.24, 2.45) is 0 Å². The zero-order valence-electron chi connectivity index (χ0n) is 12.4. The van der Waals surface area contributed by atoms with Crippen LogP contribution in [0.25, 0.3) is 0 Å². The van der Waals surface area contributed by atoms with Gasteiger partial charge in [0.15, 0.2) is 0 Å². The Bertz CT molecular complexity index is 596. The minimum Gasteiger partial charge on any atom is -0.494 e. The molecular weight excluding hydrogens is 264 g/mol. The van der Waals surface area contributed by atoms with Gasteiger partial charge in [-0.2, -0.15) is 0 Å². The van der Waals surface area contributed by atoms with Crippen LogP contribution in [-0.4, -0.2) is 23.1 Å². The second-order valence-corrected chi connectivity index (χ2v) is 4.44. The van der Waals surface area contributed by atoms with Crippen LogP contribution in [0.1, 0.15) is 12.7 Å². The lowest BCUT2D eigenvalue weighted by Gasteiger charge is -2.10. The Morgan fingerprint density at radius 2 is 1.90 bits per heavy atom. The molecule has 0 bridgehead atoms. The molecule has 5 heteroatoms. The molecule has 1 heterocycles. The second kappa shape index (κ2) is 7.28. The van der Waals surface area contributed by atoms with Gasteiger partial charge < -0.3 is 15.4 Å². The van der Waals surface area contributed by atoms with E-state index >= 15 is 0 Å². The predicted molar refractivity (Wildman–Crippen MR) is 86.3 cm³/mol. The number of rotatable bonds is 7. The summed E-state index contributed by atoms with van der Waals surface area (Å²) >= 11 is 0. The van der Waals surface area contributed by atoms with E-state index in [9.17, 15) is 0 Å². The number of hydrogen-bond donors (Lipinski definition) is 2. The van der Waals surface area contributed by atoms with Crippen molar-refractivity contribution in [1.82, 2.24) is 9.97 Å². The van der Waals surface area contributed by atoms with Gasteiger partial charge in [-0.05, 0) is 38.1 Å². The molecule has 0 aliphatic carbocycles. The molecule has 5 nitrogen and oxygen atoms in total. The van der Waals surface area contributed by atoms with Crippen molar-refractivity contribution in [1.29, 1.82) is 0 Å². The Hall–Kier alpha value is -2.56. The summed E-state index contributed by atoms with van der Waals surface area (Å²) < 4.78 is 5.42. The highest BCUT2D eigenvalue weighted by Gasteiger charge is 2.02. The third-order valence-electron chi connectivity index (χ3n) is 2.70. The standard InChI is InChI=1S/C16H20N4O/c1-4-10-17-15-11-16(19-12(3)18-15)20-13-6-8-14(9-7-13)21-5-2/h4,6-9,11H,1,5,10H2,2-3H3,(H2,17,18,19,20). The molecular formula is C16H20N4O. The lowest BCUT2D eigenvalue weighted by Crippen LogP contribution is -2.04. The fourth-order valence-electron chi connectivity index (χ4n) is 1.85. The Morgan fingerprint density at radius 1 is 1.19 bits per heavy atom. The monoisotopic (exact) mass is 284 g/mol. The van der Waals surface area contributed by atoms with E-state index in [-0.39, 0.29) is 0 Å². The maximum atomic E-state index is 5.42. The van der Waals surface area contributed by atoms with E-state index in [4.69, 9.17) is 4.74 Å². The van der Waals surface area contributed by atoms with E-state index in [1.54, 1.807) is 6.08 Å². The maximum absolute atomic E-state index is 5.42. The molecule has 2 N–H and O–H groups in total. The highest BCUT2D eigenvalue weighted by Crippen LogP contribution is 2.20. The first-order chi connectivity index (χ1) is 10.2. The highest BCUT2D eigenvalue weighted by atomic mass is 16.5. The summed E-state index contributed by atoms with van der Waals surface area (Å²) in [6.07, 6.45) is 1.79. The predicted octanol–water partition coefficient (Wildman–Crippen LogP) is 3.53. The summed E-state index contributed by atoms with van der Waals surface area (Å²) in [6.45, 7) is 8.84. The highest BCUT2D eigenvalue weighted by molar-refractivity contribution is 5.60. The van der Waals surface area contributed by atoms with Gasteiger partial charge in [0.2, 0.25) is 0 Å². The molecule has 0 atom stereocenters. The van der Waals surface area contributed by atoms with Crippen LogP contribution < -0.4 is 15.4 Å². The van der Waals surface area contributed by atoms with Gasteiger partial charge in [0.1, 0.15) is 23.2 Å². The van der Waals surface area contributed by atoms with Crippen molar-refractivity contribution >= 4 is 17.3 Å². The quantitative estimate of drug-likeness (QED) is 0.762. The number of aryl methyl sites for hydroxylation is 1. The molecule has 2 rings (SSSR count). The number of benzene rings is 1. The molecule has 0 radical (unpaired) electrons. The molecule has 0 aliphatic rings. The van der Waals surface area contributed by atoms with Crippen LogP contribution in [0.2, 0.25) is 0 Å². The number of hydrogen-bond acceptors (Lipinski definition) is 5. The number of anilines is 3. The average molecular weight is 284 g/mol. The van der Waals surface area contributed by atoms with Gasteiger partial charge >= 0.3 is 0 Å².